The molecule has 0 aromatic heterocycles. The van der Waals surface area contributed by atoms with Crippen LogP contribution >= 0.6 is 11.6 Å². The molecule has 0 saturated carbocycles. The molecule has 0 heterocycles. The van der Waals surface area contributed by atoms with Gasteiger partial charge in [-0.15, -0.1) is 0 Å². The van der Waals surface area contributed by atoms with Gasteiger partial charge in [0.05, 0.1) is 17.1 Å². The lowest BCUT2D eigenvalue weighted by Crippen LogP contribution is -2.09. The Hall–Kier alpha value is -1.82. The number of nitro groups is 1. The summed E-state index contributed by atoms with van der Waals surface area (Å²) in [5.74, 6) is -0.406. The zero-order valence-electron chi connectivity index (χ0n) is 8.61. The highest BCUT2D eigenvalue weighted by molar-refractivity contribution is 6.34. The Balaban J connectivity index is 3.41. The Kier molecular flexibility index (Phi) is 3.68. The smallest absolute Gasteiger partial charge is 0.335 e. The lowest BCUT2D eigenvalue weighted by Gasteiger charge is -2.08. The molecule has 0 spiro atoms. The summed E-state index contributed by atoms with van der Waals surface area (Å²) >= 11 is 5.77. The minimum absolute atomic E-state index is 0.0400. The van der Waals surface area contributed by atoms with Crippen LogP contribution in [0.4, 0.5) is 11.4 Å². The zero-order chi connectivity index (χ0) is 12.3. The van der Waals surface area contributed by atoms with Crippen LogP contribution in [0.3, 0.4) is 0 Å². The first-order chi connectivity index (χ1) is 7.47. The normalized spacial score (nSPS) is 9.69. The maximum atomic E-state index is 10.9. The fourth-order valence-corrected chi connectivity index (χ4v) is 1.39. The van der Waals surface area contributed by atoms with Crippen molar-refractivity contribution in [3.8, 4) is 5.75 Å². The molecule has 1 amide bonds. The summed E-state index contributed by atoms with van der Waals surface area (Å²) in [6.07, 6.45) is 0. The minimum Gasteiger partial charge on any atom is -0.490 e. The predicted molar refractivity (Wildman–Crippen MR) is 59.0 cm³/mol. The van der Waals surface area contributed by atoms with Gasteiger partial charge in [0, 0.05) is 6.92 Å². The quantitative estimate of drug-likeness (QED) is 0.653. The van der Waals surface area contributed by atoms with Crippen LogP contribution in [0.15, 0.2) is 12.1 Å². The van der Waals surface area contributed by atoms with E-state index in [-0.39, 0.29) is 22.1 Å². The van der Waals surface area contributed by atoms with Gasteiger partial charge in [-0.3, -0.25) is 14.9 Å². The van der Waals surface area contributed by atoms with E-state index in [1.165, 1.54) is 26.2 Å². The van der Waals surface area contributed by atoms with Crippen molar-refractivity contribution in [1.29, 1.82) is 0 Å². The number of nitrogens with zero attached hydrogens (tertiary/aromatic N) is 1. The number of carbonyl (C=O) groups excluding carboxylic acids is 1. The van der Waals surface area contributed by atoms with Crippen LogP contribution in [-0.2, 0) is 4.79 Å². The highest BCUT2D eigenvalue weighted by atomic mass is 35.5. The van der Waals surface area contributed by atoms with Crippen molar-refractivity contribution >= 4 is 28.9 Å². The Labute approximate surface area is 96.3 Å². The molecule has 0 aliphatic heterocycles. The molecule has 0 aliphatic carbocycles. The summed E-state index contributed by atoms with van der Waals surface area (Å²) < 4.78 is 4.83. The molecule has 0 radical (unpaired) electrons. The summed E-state index contributed by atoms with van der Waals surface area (Å²) in [5.41, 5.74) is -0.413. The van der Waals surface area contributed by atoms with Crippen LogP contribution in [0.25, 0.3) is 0 Å². The van der Waals surface area contributed by atoms with Gasteiger partial charge in [0.15, 0.2) is 5.75 Å². The molecule has 1 aromatic carbocycles. The van der Waals surface area contributed by atoms with Gasteiger partial charge >= 0.3 is 5.69 Å². The van der Waals surface area contributed by atoms with E-state index in [9.17, 15) is 14.9 Å². The minimum atomic E-state index is -0.657. The first kappa shape index (κ1) is 12.3. The summed E-state index contributed by atoms with van der Waals surface area (Å²) in [7, 11) is 1.30. The van der Waals surface area contributed by atoms with Gasteiger partial charge in [-0.05, 0) is 12.1 Å². The van der Waals surface area contributed by atoms with Gasteiger partial charge < -0.3 is 10.1 Å². The van der Waals surface area contributed by atoms with Crippen LogP contribution in [0.2, 0.25) is 5.02 Å². The van der Waals surface area contributed by atoms with Crippen LogP contribution < -0.4 is 10.1 Å². The van der Waals surface area contributed by atoms with Crippen molar-refractivity contribution in [1.82, 2.24) is 0 Å². The lowest BCUT2D eigenvalue weighted by molar-refractivity contribution is -0.384. The van der Waals surface area contributed by atoms with E-state index in [1.54, 1.807) is 0 Å². The second kappa shape index (κ2) is 4.80. The molecule has 7 heteroatoms. The number of hydrogen-bond acceptors (Lipinski definition) is 4. The number of carbonyl (C=O) groups is 1. The number of halogens is 1. The van der Waals surface area contributed by atoms with Gasteiger partial charge in [-0.1, -0.05) is 11.6 Å². The molecule has 0 fully saturated rings. The van der Waals surface area contributed by atoms with Gasteiger partial charge in [0.1, 0.15) is 5.69 Å². The van der Waals surface area contributed by atoms with Gasteiger partial charge in [-0.2, -0.15) is 0 Å². The molecule has 16 heavy (non-hydrogen) atoms. The molecule has 0 aliphatic rings. The number of benzene rings is 1. The summed E-state index contributed by atoms with van der Waals surface area (Å²) in [4.78, 5) is 21.1. The van der Waals surface area contributed by atoms with Gasteiger partial charge in [0.25, 0.3) is 0 Å². The van der Waals surface area contributed by atoms with Crippen LogP contribution in [0, 0.1) is 10.1 Å². The van der Waals surface area contributed by atoms with Crippen LogP contribution in [0.5, 0.6) is 5.75 Å². The Morgan fingerprint density at radius 3 is 2.62 bits per heavy atom. The Morgan fingerprint density at radius 2 is 2.19 bits per heavy atom. The van der Waals surface area contributed by atoms with Crippen molar-refractivity contribution in [3.63, 3.8) is 0 Å². The highest BCUT2D eigenvalue weighted by Crippen LogP contribution is 2.39. The van der Waals surface area contributed by atoms with Gasteiger partial charge in [0.2, 0.25) is 5.91 Å². The second-order valence-electron chi connectivity index (χ2n) is 2.91. The number of anilines is 1. The molecule has 1 aromatic rings. The first-order valence-electron chi connectivity index (χ1n) is 4.25. The van der Waals surface area contributed by atoms with Crippen molar-refractivity contribution in [2.75, 3.05) is 12.4 Å². The SMILES string of the molecule is COc1ccc(Cl)c(NC(C)=O)c1[N+](=O)[O-]. The van der Waals surface area contributed by atoms with Crippen molar-refractivity contribution in [2.24, 2.45) is 0 Å². The van der Waals surface area contributed by atoms with Gasteiger partial charge in [-0.25, -0.2) is 0 Å². The second-order valence-corrected chi connectivity index (χ2v) is 3.32. The molecule has 0 bridgehead atoms. The van der Waals surface area contributed by atoms with Crippen LogP contribution in [-0.4, -0.2) is 17.9 Å². The molecule has 6 nitrogen and oxygen atoms in total. The van der Waals surface area contributed by atoms with E-state index in [1.807, 2.05) is 0 Å². The molecule has 0 saturated heterocycles. The molecule has 1 N–H and O–H groups in total. The average Bonchev–Trinajstić information content (AvgIpc) is 2.19. The number of methoxy groups -OCH3 is 1. The molecule has 0 unspecified atom stereocenters. The number of nitro benzene ring substituents is 1. The highest BCUT2D eigenvalue weighted by Gasteiger charge is 2.24. The van der Waals surface area contributed by atoms with E-state index >= 15 is 0 Å². The molecular weight excluding hydrogens is 236 g/mol. The number of rotatable bonds is 3. The summed E-state index contributed by atoms with van der Waals surface area (Å²) in [6.45, 7) is 1.24. The molecule has 1 rings (SSSR count). The number of nitrogens with one attached hydrogen (secondary N) is 1. The average molecular weight is 245 g/mol. The maximum Gasteiger partial charge on any atom is 0.335 e. The first-order valence-corrected chi connectivity index (χ1v) is 4.63. The zero-order valence-corrected chi connectivity index (χ0v) is 9.37. The fraction of sp³-hybridized carbons (Fsp3) is 0.222. The van der Waals surface area contributed by atoms with Crippen molar-refractivity contribution in [2.45, 2.75) is 6.92 Å². The standard InChI is InChI=1S/C9H9ClN2O4/c1-5(13)11-8-6(10)3-4-7(16-2)9(8)12(14)15/h3-4H,1-2H3,(H,11,13). The molecule has 0 atom stereocenters. The van der Waals surface area contributed by atoms with E-state index in [4.69, 9.17) is 16.3 Å². The fourth-order valence-electron chi connectivity index (χ4n) is 1.19. The summed E-state index contributed by atoms with van der Waals surface area (Å²) in [5, 5.41) is 13.2. The van der Waals surface area contributed by atoms with E-state index in [0.29, 0.717) is 0 Å². The number of amides is 1. The van der Waals surface area contributed by atoms with E-state index in [2.05, 4.69) is 5.32 Å². The Morgan fingerprint density at radius 1 is 1.56 bits per heavy atom. The molecule has 86 valence electrons. The number of ether oxygens (including phenoxy) is 1. The monoisotopic (exact) mass is 244 g/mol. The number of hydrogen-bond donors (Lipinski definition) is 1. The summed E-state index contributed by atoms with van der Waals surface area (Å²) in [6, 6.07) is 2.78. The van der Waals surface area contributed by atoms with E-state index in [0.717, 1.165) is 0 Å². The van der Waals surface area contributed by atoms with E-state index < -0.39 is 10.8 Å². The lowest BCUT2D eigenvalue weighted by atomic mass is 10.2. The van der Waals surface area contributed by atoms with Crippen molar-refractivity contribution in [3.05, 3.63) is 27.3 Å². The van der Waals surface area contributed by atoms with Crippen LogP contribution in [0.1, 0.15) is 6.92 Å². The predicted octanol–water partition coefficient (Wildman–Crippen LogP) is 2.22. The largest absolute Gasteiger partial charge is 0.490 e. The third-order valence-corrected chi connectivity index (χ3v) is 2.11. The Bertz CT molecular complexity index is 447. The molecular formula is C9H9ClN2O4. The van der Waals surface area contributed by atoms with Crippen molar-refractivity contribution < 1.29 is 14.5 Å². The topological polar surface area (TPSA) is 81.5 Å². The third-order valence-electron chi connectivity index (χ3n) is 1.79. The third kappa shape index (κ3) is 2.40. The maximum absolute atomic E-state index is 10.9.